The maximum atomic E-state index is 11.2. The van der Waals surface area contributed by atoms with Crippen molar-refractivity contribution in [3.63, 3.8) is 0 Å². The van der Waals surface area contributed by atoms with Gasteiger partial charge < -0.3 is 60.9 Å². The first-order valence-corrected chi connectivity index (χ1v) is 30.3. The van der Waals surface area contributed by atoms with Gasteiger partial charge in [0.1, 0.15) is 11.4 Å². The number of phenolic OH excluding ortho intramolecular Hbond substituents is 10. The second kappa shape index (κ2) is 17.0. The van der Waals surface area contributed by atoms with Crippen molar-refractivity contribution in [2.24, 2.45) is 0 Å². The first-order valence-electron chi connectivity index (χ1n) is 23.3. The van der Waals surface area contributed by atoms with Crippen LogP contribution in [0.3, 0.4) is 0 Å². The van der Waals surface area contributed by atoms with Gasteiger partial charge in [0.2, 0.25) is 34.5 Å². The molecule has 0 spiro atoms. The number of nitrogens with zero attached hydrogens (tertiary/aromatic N) is 2. The zero-order chi connectivity index (χ0) is 51.3. The lowest BCUT2D eigenvalue weighted by Gasteiger charge is -2.28. The van der Waals surface area contributed by atoms with Crippen LogP contribution in [0.1, 0.15) is 0 Å². The molecule has 12 nitrogen and oxygen atoms in total. The third kappa shape index (κ3) is 7.59. The summed E-state index contributed by atoms with van der Waals surface area (Å²) in [5.41, 5.74) is 5.03. The zero-order valence-electron chi connectivity index (χ0n) is 40.2. The summed E-state index contributed by atoms with van der Waals surface area (Å²) in [6.45, 7) is 13.3. The SMILES string of the molecule is C[Si](C)(C)c1ccc(N(c2ccc(-c3ccc4ccc5c(-c6ccc(N(c7ccc([Si](C)(C)C)cc7)c7c(O)c(O)c(O)c(O)c7O)cc6)ccc6ccc3c4c65)cc2)c2c(O)c(O)c(O)c(O)c2O)cc1. The monoisotopic (exact) mass is 992 g/mol. The quantitative estimate of drug-likeness (QED) is 0.0269. The van der Waals surface area contributed by atoms with Crippen molar-refractivity contribution in [2.75, 3.05) is 9.80 Å². The number of rotatable bonds is 10. The van der Waals surface area contributed by atoms with Gasteiger partial charge in [0.05, 0.1) is 16.1 Å². The van der Waals surface area contributed by atoms with Crippen molar-refractivity contribution in [3.05, 3.63) is 146 Å². The van der Waals surface area contributed by atoms with Crippen molar-refractivity contribution in [1.82, 2.24) is 0 Å². The van der Waals surface area contributed by atoms with Gasteiger partial charge in [-0.2, -0.15) is 0 Å². The Morgan fingerprint density at radius 3 is 0.806 bits per heavy atom. The Morgan fingerprint density at radius 2 is 0.528 bits per heavy atom. The van der Waals surface area contributed by atoms with E-state index in [0.29, 0.717) is 22.7 Å². The predicted octanol–water partition coefficient (Wildman–Crippen LogP) is 13.0. The Hall–Kier alpha value is -8.73. The van der Waals surface area contributed by atoms with Crippen LogP contribution in [-0.4, -0.2) is 67.2 Å². The van der Waals surface area contributed by atoms with Gasteiger partial charge in [0.25, 0.3) is 0 Å². The summed E-state index contributed by atoms with van der Waals surface area (Å²) >= 11 is 0. The zero-order valence-corrected chi connectivity index (χ0v) is 42.2. The molecule has 0 aliphatic carbocycles. The van der Waals surface area contributed by atoms with Crippen LogP contribution in [0.2, 0.25) is 39.3 Å². The van der Waals surface area contributed by atoms with E-state index in [-0.39, 0.29) is 11.4 Å². The molecule has 72 heavy (non-hydrogen) atoms. The summed E-state index contributed by atoms with van der Waals surface area (Å²) in [6.07, 6.45) is 0. The number of anilines is 6. The molecule has 0 aliphatic heterocycles. The maximum Gasteiger partial charge on any atom is 0.208 e. The van der Waals surface area contributed by atoms with E-state index in [9.17, 15) is 51.1 Å². The molecular weight excluding hydrogens is 941 g/mol. The van der Waals surface area contributed by atoms with Crippen molar-refractivity contribution in [2.45, 2.75) is 39.3 Å². The molecule has 0 bridgehead atoms. The van der Waals surface area contributed by atoms with E-state index in [2.05, 4.69) is 87.8 Å². The summed E-state index contributed by atoms with van der Waals surface area (Å²) in [4.78, 5) is 3.03. The number of benzene rings is 10. The minimum absolute atomic E-state index is 0.314. The van der Waals surface area contributed by atoms with Gasteiger partial charge >= 0.3 is 0 Å². The molecule has 10 aromatic carbocycles. The lowest BCUT2D eigenvalue weighted by Crippen LogP contribution is -2.37. The highest BCUT2D eigenvalue weighted by molar-refractivity contribution is 6.89. The fourth-order valence-electron chi connectivity index (χ4n) is 9.69. The van der Waals surface area contributed by atoms with Gasteiger partial charge in [0, 0.05) is 22.7 Å². The Balaban J connectivity index is 1.06. The van der Waals surface area contributed by atoms with Crippen LogP contribution in [0.15, 0.2) is 146 Å². The lowest BCUT2D eigenvalue weighted by molar-refractivity contribution is 0.329. The van der Waals surface area contributed by atoms with Gasteiger partial charge in [-0.05, 0) is 103 Å². The minimum Gasteiger partial charge on any atom is -0.503 e. The molecule has 0 atom stereocenters. The average Bonchev–Trinajstić information content (AvgIpc) is 3.37. The van der Waals surface area contributed by atoms with Crippen molar-refractivity contribution in [1.29, 1.82) is 0 Å². The molecule has 362 valence electrons. The van der Waals surface area contributed by atoms with E-state index in [1.807, 2.05) is 97.1 Å². The molecule has 0 saturated carbocycles. The minimum atomic E-state index is -1.71. The highest BCUT2D eigenvalue weighted by Gasteiger charge is 2.32. The summed E-state index contributed by atoms with van der Waals surface area (Å²) < 4.78 is 0. The lowest BCUT2D eigenvalue weighted by atomic mass is 9.87. The van der Waals surface area contributed by atoms with Crippen LogP contribution in [0.4, 0.5) is 34.1 Å². The molecular formula is C58H52N2O10Si2. The molecule has 0 amide bonds. The summed E-state index contributed by atoms with van der Waals surface area (Å²) in [5.74, 6) is -9.25. The first kappa shape index (κ1) is 47.0. The molecule has 0 radical (unpaired) electrons. The Labute approximate surface area is 416 Å². The van der Waals surface area contributed by atoms with E-state index in [4.69, 9.17) is 0 Å². The topological polar surface area (TPSA) is 209 Å². The van der Waals surface area contributed by atoms with Crippen molar-refractivity contribution >= 4 is 93.0 Å². The molecule has 10 aromatic rings. The van der Waals surface area contributed by atoms with E-state index >= 15 is 0 Å². The largest absolute Gasteiger partial charge is 0.503 e. The number of aromatic hydroxyl groups is 10. The van der Waals surface area contributed by atoms with Crippen LogP contribution >= 0.6 is 0 Å². The molecule has 0 heterocycles. The van der Waals surface area contributed by atoms with Crippen molar-refractivity contribution in [3.8, 4) is 79.7 Å². The fourth-order valence-corrected chi connectivity index (χ4v) is 12.0. The van der Waals surface area contributed by atoms with E-state index in [0.717, 1.165) is 54.6 Å². The average molecular weight is 993 g/mol. The number of hydrogen-bond donors (Lipinski definition) is 10. The molecule has 10 rings (SSSR count). The van der Waals surface area contributed by atoms with Gasteiger partial charge in [-0.1, -0.05) is 147 Å². The van der Waals surface area contributed by atoms with Crippen LogP contribution < -0.4 is 20.2 Å². The highest BCUT2D eigenvalue weighted by atomic mass is 28.3. The third-order valence-electron chi connectivity index (χ3n) is 13.7. The van der Waals surface area contributed by atoms with Crippen LogP contribution in [0.5, 0.6) is 57.5 Å². The number of phenols is 10. The Morgan fingerprint density at radius 1 is 0.278 bits per heavy atom. The standard InChI is InChI=1S/C58H52N2O10Si2/c1-71(2,3)39-23-19-37(20-24-39)59(47-49(61)53(65)57(69)54(66)50(47)62)35-15-7-31(8-16-35)41-27-11-33-14-30-44-42(28-12-34-13-29-43(41)45(33)46(34)44)32-9-17-36(18-10-32)60(38-21-25-40(26-22-38)72(4,5)6)48-51(63)55(67)58(70)56(68)52(48)64/h7-30,61-70H,1-6H3. The maximum absolute atomic E-state index is 11.2. The normalized spacial score (nSPS) is 12.0. The van der Waals surface area contributed by atoms with Crippen LogP contribution in [-0.2, 0) is 0 Å². The summed E-state index contributed by atoms with van der Waals surface area (Å²) in [5, 5.41) is 116. The molecule has 0 aromatic heterocycles. The first-order chi connectivity index (χ1) is 34.1. The van der Waals surface area contributed by atoms with Crippen molar-refractivity contribution < 1.29 is 51.1 Å². The molecule has 0 fully saturated rings. The van der Waals surface area contributed by atoms with E-state index in [1.54, 1.807) is 0 Å². The fraction of sp³-hybridized carbons (Fsp3) is 0.103. The molecule has 14 heteroatoms. The second-order valence-electron chi connectivity index (χ2n) is 20.2. The van der Waals surface area contributed by atoms with Gasteiger partial charge in [-0.25, -0.2) is 0 Å². The summed E-state index contributed by atoms with van der Waals surface area (Å²) in [6, 6.07) is 47.1. The van der Waals surface area contributed by atoms with E-state index in [1.165, 1.54) is 20.2 Å². The van der Waals surface area contributed by atoms with E-state index < -0.39 is 73.6 Å². The van der Waals surface area contributed by atoms with Crippen LogP contribution in [0.25, 0.3) is 54.6 Å². The van der Waals surface area contributed by atoms with Gasteiger partial charge in [0.15, 0.2) is 23.0 Å². The second-order valence-corrected chi connectivity index (χ2v) is 30.3. The molecule has 0 unspecified atom stereocenters. The Kier molecular flexibility index (Phi) is 11.1. The van der Waals surface area contributed by atoms with Gasteiger partial charge in [-0.15, -0.1) is 0 Å². The highest BCUT2D eigenvalue weighted by Crippen LogP contribution is 2.59. The van der Waals surface area contributed by atoms with Gasteiger partial charge in [-0.3, -0.25) is 0 Å². The third-order valence-corrected chi connectivity index (χ3v) is 17.8. The Bertz CT molecular complexity index is 3450. The molecule has 10 N–H and O–H groups in total. The molecule has 0 saturated heterocycles. The van der Waals surface area contributed by atoms with Crippen LogP contribution in [0, 0.1) is 0 Å². The number of hydrogen-bond acceptors (Lipinski definition) is 12. The molecule has 0 aliphatic rings. The smallest absolute Gasteiger partial charge is 0.208 e. The predicted molar refractivity (Wildman–Crippen MR) is 293 cm³/mol. The summed E-state index contributed by atoms with van der Waals surface area (Å²) in [7, 11) is -3.43.